The van der Waals surface area contributed by atoms with Gasteiger partial charge in [0.1, 0.15) is 5.82 Å². The van der Waals surface area contributed by atoms with Crippen LogP contribution in [0.5, 0.6) is 0 Å². The van der Waals surface area contributed by atoms with E-state index in [0.29, 0.717) is 30.4 Å². The van der Waals surface area contributed by atoms with Crippen LogP contribution in [-0.4, -0.2) is 58.8 Å². The van der Waals surface area contributed by atoms with E-state index >= 15 is 0 Å². The lowest BCUT2D eigenvalue weighted by molar-refractivity contribution is -0.146. The van der Waals surface area contributed by atoms with E-state index in [0.717, 1.165) is 58.6 Å². The maximum Gasteiger partial charge on any atom is 0.313 e. The molecule has 1 aromatic carbocycles. The van der Waals surface area contributed by atoms with Gasteiger partial charge in [-0.3, -0.25) is 9.59 Å². The summed E-state index contributed by atoms with van der Waals surface area (Å²) in [7, 11) is 4.16. The van der Waals surface area contributed by atoms with Crippen LogP contribution in [0.3, 0.4) is 0 Å². The summed E-state index contributed by atoms with van der Waals surface area (Å²) >= 11 is 1.73. The summed E-state index contributed by atoms with van der Waals surface area (Å²) in [6, 6.07) is 7.90. The van der Waals surface area contributed by atoms with Gasteiger partial charge < -0.3 is 20.9 Å². The van der Waals surface area contributed by atoms with Crippen molar-refractivity contribution in [2.75, 3.05) is 38.2 Å². The summed E-state index contributed by atoms with van der Waals surface area (Å²) in [6.45, 7) is 5.67. The number of anilines is 2. The number of nitrogens with zero attached hydrogens (tertiary/aromatic N) is 4. The number of amides is 2. The summed E-state index contributed by atoms with van der Waals surface area (Å²) < 4.78 is 1.15. The molecule has 0 radical (unpaired) electrons. The molecular weight excluding hydrogens is 472 g/mol. The van der Waals surface area contributed by atoms with Gasteiger partial charge >= 0.3 is 11.8 Å². The van der Waals surface area contributed by atoms with Crippen molar-refractivity contribution >= 4 is 44.9 Å². The van der Waals surface area contributed by atoms with Crippen molar-refractivity contribution in [3.8, 4) is 0 Å². The molecule has 0 spiro atoms. The number of hydrogen-bond donors (Lipinski definition) is 2. The Morgan fingerprint density at radius 1 is 1.25 bits per heavy atom. The zero-order valence-corrected chi connectivity index (χ0v) is 22.4. The van der Waals surface area contributed by atoms with Crippen LogP contribution in [0.4, 0.5) is 11.5 Å². The molecule has 1 saturated heterocycles. The number of pyridine rings is 1. The fraction of sp³-hybridized carbons (Fsp3) is 0.481. The Balaban J connectivity index is 1.52. The maximum atomic E-state index is 13.3. The summed E-state index contributed by atoms with van der Waals surface area (Å²) in [6.07, 6.45) is 6.03. The number of nitrogens with one attached hydrogen (secondary N) is 1. The molecule has 3 heterocycles. The zero-order chi connectivity index (χ0) is 25.8. The van der Waals surface area contributed by atoms with Crippen LogP contribution in [0.25, 0.3) is 10.2 Å². The minimum atomic E-state index is -0.652. The van der Waals surface area contributed by atoms with Gasteiger partial charge in [0, 0.05) is 13.0 Å². The Bertz CT molecular complexity index is 1240. The van der Waals surface area contributed by atoms with Crippen LogP contribution in [0.15, 0.2) is 30.5 Å². The van der Waals surface area contributed by atoms with Crippen LogP contribution in [-0.2, 0) is 22.4 Å². The van der Waals surface area contributed by atoms with Crippen molar-refractivity contribution in [2.24, 2.45) is 5.92 Å². The topological polar surface area (TPSA) is 104 Å². The van der Waals surface area contributed by atoms with Crippen LogP contribution >= 0.6 is 11.3 Å². The van der Waals surface area contributed by atoms with E-state index in [1.165, 1.54) is 6.20 Å². The first-order valence-corrected chi connectivity index (χ1v) is 13.5. The second-order valence-corrected chi connectivity index (χ2v) is 11.1. The largest absolute Gasteiger partial charge is 0.383 e. The molecule has 3 aromatic rings. The summed E-state index contributed by atoms with van der Waals surface area (Å²) in [4.78, 5) is 39.2. The normalized spacial score (nSPS) is 18.1. The van der Waals surface area contributed by atoms with Gasteiger partial charge in [0.25, 0.3) is 0 Å². The molecule has 9 heteroatoms. The van der Waals surface area contributed by atoms with E-state index in [9.17, 15) is 9.59 Å². The lowest BCUT2D eigenvalue weighted by Crippen LogP contribution is -2.46. The van der Waals surface area contributed by atoms with E-state index in [-0.39, 0.29) is 6.04 Å². The summed E-state index contributed by atoms with van der Waals surface area (Å²) in [5, 5.41) is 3.86. The van der Waals surface area contributed by atoms with E-state index in [2.05, 4.69) is 54.4 Å². The average molecular weight is 509 g/mol. The lowest BCUT2D eigenvalue weighted by atomic mass is 9.89. The molecule has 2 atom stereocenters. The number of aryl methyl sites for hydroxylation is 2. The van der Waals surface area contributed by atoms with Gasteiger partial charge in [-0.15, -0.1) is 11.3 Å². The zero-order valence-electron chi connectivity index (χ0n) is 21.6. The van der Waals surface area contributed by atoms with Crippen LogP contribution in [0.1, 0.15) is 55.3 Å². The third kappa shape index (κ3) is 6.02. The molecule has 1 aliphatic heterocycles. The Kier molecular flexibility index (Phi) is 8.21. The first-order valence-electron chi connectivity index (χ1n) is 12.7. The van der Waals surface area contributed by atoms with Gasteiger partial charge in [-0.1, -0.05) is 19.9 Å². The van der Waals surface area contributed by atoms with E-state index in [4.69, 9.17) is 10.7 Å². The van der Waals surface area contributed by atoms with E-state index in [1.54, 1.807) is 22.3 Å². The number of likely N-dealkylation sites (tertiary alicyclic amines) is 1. The van der Waals surface area contributed by atoms with Gasteiger partial charge in [-0.05, 0) is 81.6 Å². The number of thiazole rings is 1. The van der Waals surface area contributed by atoms with Gasteiger partial charge in [0.15, 0.2) is 0 Å². The van der Waals surface area contributed by atoms with Gasteiger partial charge in [-0.25, -0.2) is 9.97 Å². The van der Waals surface area contributed by atoms with Crippen LogP contribution in [0, 0.1) is 5.92 Å². The molecule has 1 fully saturated rings. The first-order chi connectivity index (χ1) is 17.2. The molecule has 1 aliphatic rings. The number of nitrogens with two attached hydrogens (primary N) is 1. The standard InChI is InChI=1S/C27H36N6O2S/c1-5-18-13-20(15-29-25(18)28)30-26(34)27(35)33-16-17(2)8-10-22(33)19-9-11-23-21(14-19)31-24(36-23)7-6-12-32(3)4/h9,11,13-15,17,22H,5-8,10,12,16H2,1-4H3,(H2,28,29)(H,30,34)/t17-,22+/m0/s1. The lowest BCUT2D eigenvalue weighted by Gasteiger charge is -2.38. The quantitative estimate of drug-likeness (QED) is 0.462. The fourth-order valence-corrected chi connectivity index (χ4v) is 5.75. The highest BCUT2D eigenvalue weighted by Gasteiger charge is 2.34. The van der Waals surface area contributed by atoms with Gasteiger partial charge in [0.2, 0.25) is 0 Å². The molecule has 0 bridgehead atoms. The fourth-order valence-electron chi connectivity index (χ4n) is 4.76. The van der Waals surface area contributed by atoms with Gasteiger partial charge in [0.05, 0.1) is 33.2 Å². The van der Waals surface area contributed by atoms with E-state index in [1.807, 2.05) is 6.92 Å². The molecule has 192 valence electrons. The highest BCUT2D eigenvalue weighted by Crippen LogP contribution is 2.35. The first kappa shape index (κ1) is 26.0. The molecule has 2 amide bonds. The molecule has 36 heavy (non-hydrogen) atoms. The SMILES string of the molecule is CCc1cc(NC(=O)C(=O)N2C[C@@H](C)CC[C@@H]2c2ccc3sc(CCCN(C)C)nc3c2)cnc1N. The minimum Gasteiger partial charge on any atom is -0.383 e. The van der Waals surface area contributed by atoms with Crippen LogP contribution < -0.4 is 11.1 Å². The molecule has 3 N–H and O–H groups in total. The number of rotatable bonds is 7. The predicted octanol–water partition coefficient (Wildman–Crippen LogP) is 4.27. The van der Waals surface area contributed by atoms with Crippen LogP contribution in [0.2, 0.25) is 0 Å². The Labute approximate surface area is 216 Å². The Morgan fingerprint density at radius 3 is 2.81 bits per heavy atom. The molecule has 0 aliphatic carbocycles. The summed E-state index contributed by atoms with van der Waals surface area (Å²) in [5.41, 5.74) is 9.19. The minimum absolute atomic E-state index is 0.154. The third-order valence-corrected chi connectivity index (χ3v) is 7.85. The molecule has 8 nitrogen and oxygen atoms in total. The summed E-state index contributed by atoms with van der Waals surface area (Å²) in [5.74, 6) is -0.413. The molecular formula is C27H36N6O2S. The monoisotopic (exact) mass is 508 g/mol. The highest BCUT2D eigenvalue weighted by atomic mass is 32.1. The number of carbonyl (C=O) groups is 2. The second-order valence-electron chi connectivity index (χ2n) is 9.97. The number of carbonyl (C=O) groups excluding carboxylic acids is 2. The number of benzene rings is 1. The third-order valence-electron chi connectivity index (χ3n) is 6.75. The maximum absolute atomic E-state index is 13.3. The van der Waals surface area contributed by atoms with Gasteiger partial charge in [-0.2, -0.15) is 0 Å². The predicted molar refractivity (Wildman–Crippen MR) is 146 cm³/mol. The number of piperidine rings is 1. The smallest absolute Gasteiger partial charge is 0.313 e. The van der Waals surface area contributed by atoms with Crippen molar-refractivity contribution < 1.29 is 9.59 Å². The number of nitrogen functional groups attached to an aromatic ring is 1. The van der Waals surface area contributed by atoms with Crippen molar-refractivity contribution in [3.05, 3.63) is 46.6 Å². The van der Waals surface area contributed by atoms with Crippen molar-refractivity contribution in [3.63, 3.8) is 0 Å². The molecule has 2 aromatic heterocycles. The molecule has 0 unspecified atom stereocenters. The Hall–Kier alpha value is -3.04. The number of hydrogen-bond acceptors (Lipinski definition) is 7. The van der Waals surface area contributed by atoms with Crippen molar-refractivity contribution in [1.29, 1.82) is 0 Å². The molecule has 0 saturated carbocycles. The number of fused-ring (bicyclic) bond motifs is 1. The highest BCUT2D eigenvalue weighted by molar-refractivity contribution is 7.18. The van der Waals surface area contributed by atoms with Crippen molar-refractivity contribution in [2.45, 2.75) is 52.0 Å². The number of aromatic nitrogens is 2. The van der Waals surface area contributed by atoms with Crippen molar-refractivity contribution in [1.82, 2.24) is 19.8 Å². The average Bonchev–Trinajstić information content (AvgIpc) is 3.26. The molecule has 4 rings (SSSR count). The Morgan fingerprint density at radius 2 is 2.06 bits per heavy atom. The second kappa shape index (κ2) is 11.3. The van der Waals surface area contributed by atoms with E-state index < -0.39 is 11.8 Å².